The van der Waals surface area contributed by atoms with Crippen molar-refractivity contribution in [2.75, 3.05) is 5.32 Å². The van der Waals surface area contributed by atoms with Gasteiger partial charge in [-0.25, -0.2) is 4.98 Å². The Morgan fingerprint density at radius 1 is 1.29 bits per heavy atom. The van der Waals surface area contributed by atoms with Crippen molar-refractivity contribution in [2.24, 2.45) is 0 Å². The van der Waals surface area contributed by atoms with Gasteiger partial charge in [-0.1, -0.05) is 20.8 Å². The number of benzene rings is 1. The van der Waals surface area contributed by atoms with Gasteiger partial charge in [0.2, 0.25) is 5.91 Å². The minimum Gasteiger partial charge on any atom is -0.508 e. The van der Waals surface area contributed by atoms with Gasteiger partial charge in [0.1, 0.15) is 11.5 Å². The first-order valence-corrected chi connectivity index (χ1v) is 6.81. The highest BCUT2D eigenvalue weighted by Gasteiger charge is 2.23. The largest absolute Gasteiger partial charge is 0.508 e. The van der Waals surface area contributed by atoms with E-state index >= 15 is 0 Å². The standard InChI is InChI=1S/C16H20N2O3/c1-10-13(21-15(17-10)16(2,3)4)9-14(20)18-11-5-7-12(19)8-6-11/h5-8,19H,9H2,1-4H3,(H,18,20). The summed E-state index contributed by atoms with van der Waals surface area (Å²) in [6.45, 7) is 7.87. The molecule has 112 valence electrons. The van der Waals surface area contributed by atoms with Gasteiger partial charge >= 0.3 is 0 Å². The summed E-state index contributed by atoms with van der Waals surface area (Å²) >= 11 is 0. The van der Waals surface area contributed by atoms with E-state index in [0.29, 0.717) is 17.3 Å². The molecule has 0 bridgehead atoms. The fourth-order valence-corrected chi connectivity index (χ4v) is 1.81. The van der Waals surface area contributed by atoms with Gasteiger partial charge in [0.15, 0.2) is 5.89 Å². The van der Waals surface area contributed by atoms with Crippen molar-refractivity contribution in [2.45, 2.75) is 39.5 Å². The molecule has 0 radical (unpaired) electrons. The Hall–Kier alpha value is -2.30. The molecule has 2 aromatic rings. The van der Waals surface area contributed by atoms with Crippen molar-refractivity contribution >= 4 is 11.6 Å². The molecule has 2 N–H and O–H groups in total. The number of nitrogens with one attached hydrogen (secondary N) is 1. The van der Waals surface area contributed by atoms with Gasteiger partial charge in [0, 0.05) is 11.1 Å². The topological polar surface area (TPSA) is 75.4 Å². The van der Waals surface area contributed by atoms with Crippen LogP contribution in [0.15, 0.2) is 28.7 Å². The summed E-state index contributed by atoms with van der Waals surface area (Å²) in [7, 11) is 0. The number of nitrogens with zero attached hydrogens (tertiary/aromatic N) is 1. The molecule has 1 amide bonds. The molecule has 5 nitrogen and oxygen atoms in total. The molecule has 0 spiro atoms. The van der Waals surface area contributed by atoms with Crippen LogP contribution < -0.4 is 5.32 Å². The second-order valence-corrected chi connectivity index (χ2v) is 6.05. The fraction of sp³-hybridized carbons (Fsp3) is 0.375. The number of aryl methyl sites for hydroxylation is 1. The molecule has 21 heavy (non-hydrogen) atoms. The minimum absolute atomic E-state index is 0.135. The molecule has 0 aliphatic rings. The summed E-state index contributed by atoms with van der Waals surface area (Å²) in [6, 6.07) is 6.32. The van der Waals surface area contributed by atoms with Gasteiger partial charge in [-0.3, -0.25) is 4.79 Å². The van der Waals surface area contributed by atoms with Crippen LogP contribution in [0.5, 0.6) is 5.75 Å². The molecule has 5 heteroatoms. The molecule has 0 fully saturated rings. The number of rotatable bonds is 3. The lowest BCUT2D eigenvalue weighted by Gasteiger charge is -2.12. The van der Waals surface area contributed by atoms with E-state index < -0.39 is 0 Å². The summed E-state index contributed by atoms with van der Waals surface area (Å²) in [6.07, 6.45) is 0.135. The number of hydrogen-bond donors (Lipinski definition) is 2. The predicted molar refractivity (Wildman–Crippen MR) is 80.4 cm³/mol. The Labute approximate surface area is 124 Å². The monoisotopic (exact) mass is 288 g/mol. The van der Waals surface area contributed by atoms with Gasteiger partial charge in [0.25, 0.3) is 0 Å². The Morgan fingerprint density at radius 2 is 1.90 bits per heavy atom. The number of hydrogen-bond acceptors (Lipinski definition) is 4. The zero-order valence-corrected chi connectivity index (χ0v) is 12.7. The Kier molecular flexibility index (Phi) is 4.02. The molecule has 1 heterocycles. The van der Waals surface area contributed by atoms with E-state index in [2.05, 4.69) is 10.3 Å². The molecular weight excluding hydrogens is 268 g/mol. The number of aromatic hydroxyl groups is 1. The predicted octanol–water partition coefficient (Wildman–Crippen LogP) is 3.17. The number of carbonyl (C=O) groups is 1. The first-order chi connectivity index (χ1) is 9.75. The van der Waals surface area contributed by atoms with E-state index in [9.17, 15) is 9.90 Å². The zero-order valence-electron chi connectivity index (χ0n) is 12.7. The Bertz CT molecular complexity index is 637. The van der Waals surface area contributed by atoms with E-state index in [1.165, 1.54) is 12.1 Å². The average Bonchev–Trinajstić information content (AvgIpc) is 2.74. The summed E-state index contributed by atoms with van der Waals surface area (Å²) < 4.78 is 5.69. The van der Waals surface area contributed by atoms with Crippen LogP contribution in [0, 0.1) is 6.92 Å². The highest BCUT2D eigenvalue weighted by Crippen LogP contribution is 2.24. The van der Waals surface area contributed by atoms with Crippen molar-refractivity contribution in [1.29, 1.82) is 0 Å². The summed E-state index contributed by atoms with van der Waals surface area (Å²) in [5.41, 5.74) is 1.18. The summed E-state index contributed by atoms with van der Waals surface area (Å²) in [5, 5.41) is 12.0. The molecule has 0 aliphatic carbocycles. The van der Waals surface area contributed by atoms with E-state index in [0.717, 1.165) is 5.69 Å². The van der Waals surface area contributed by atoms with Crippen LogP contribution in [-0.4, -0.2) is 16.0 Å². The van der Waals surface area contributed by atoms with Crippen molar-refractivity contribution in [3.8, 4) is 5.75 Å². The molecule has 0 unspecified atom stereocenters. The summed E-state index contributed by atoms with van der Waals surface area (Å²) in [4.78, 5) is 16.4. The third kappa shape index (κ3) is 3.84. The summed E-state index contributed by atoms with van der Waals surface area (Å²) in [5.74, 6) is 1.19. The Balaban J connectivity index is 2.06. The van der Waals surface area contributed by atoms with Crippen molar-refractivity contribution in [3.05, 3.63) is 41.6 Å². The van der Waals surface area contributed by atoms with Crippen LogP contribution >= 0.6 is 0 Å². The molecule has 0 saturated heterocycles. The number of anilines is 1. The number of oxazole rings is 1. The molecule has 1 aromatic carbocycles. The van der Waals surface area contributed by atoms with Gasteiger partial charge in [-0.15, -0.1) is 0 Å². The lowest BCUT2D eigenvalue weighted by atomic mass is 9.97. The number of aromatic nitrogens is 1. The number of carbonyl (C=O) groups excluding carboxylic acids is 1. The van der Waals surface area contributed by atoms with Gasteiger partial charge in [0.05, 0.1) is 12.1 Å². The quantitative estimate of drug-likeness (QED) is 0.851. The van der Waals surface area contributed by atoms with Crippen LogP contribution in [0.1, 0.15) is 38.1 Å². The van der Waals surface area contributed by atoms with Crippen LogP contribution in [-0.2, 0) is 16.6 Å². The molecule has 2 rings (SSSR count). The lowest BCUT2D eigenvalue weighted by molar-refractivity contribution is -0.115. The molecular formula is C16H20N2O3. The third-order valence-corrected chi connectivity index (χ3v) is 3.01. The highest BCUT2D eigenvalue weighted by atomic mass is 16.4. The van der Waals surface area contributed by atoms with E-state index in [-0.39, 0.29) is 23.5 Å². The normalized spacial score (nSPS) is 11.4. The van der Waals surface area contributed by atoms with E-state index in [1.807, 2.05) is 27.7 Å². The molecule has 0 atom stereocenters. The first-order valence-electron chi connectivity index (χ1n) is 6.81. The van der Waals surface area contributed by atoms with Crippen LogP contribution in [0.3, 0.4) is 0 Å². The minimum atomic E-state index is -0.184. The third-order valence-electron chi connectivity index (χ3n) is 3.01. The maximum absolute atomic E-state index is 12.0. The number of phenolic OH excluding ortho intramolecular Hbond substituents is 1. The van der Waals surface area contributed by atoms with Gasteiger partial charge in [-0.05, 0) is 31.2 Å². The zero-order chi connectivity index (χ0) is 15.6. The lowest BCUT2D eigenvalue weighted by Crippen LogP contribution is -2.14. The van der Waals surface area contributed by atoms with Crippen molar-refractivity contribution in [1.82, 2.24) is 4.98 Å². The fourth-order valence-electron chi connectivity index (χ4n) is 1.81. The van der Waals surface area contributed by atoms with Crippen molar-refractivity contribution < 1.29 is 14.3 Å². The molecule has 0 saturated carbocycles. The first kappa shape index (κ1) is 15.1. The maximum atomic E-state index is 12.0. The average molecular weight is 288 g/mol. The Morgan fingerprint density at radius 3 is 2.43 bits per heavy atom. The number of amides is 1. The SMILES string of the molecule is Cc1nc(C(C)(C)C)oc1CC(=O)Nc1ccc(O)cc1. The van der Waals surface area contributed by atoms with Gasteiger partial charge in [-0.2, -0.15) is 0 Å². The second-order valence-electron chi connectivity index (χ2n) is 6.05. The highest BCUT2D eigenvalue weighted by molar-refractivity contribution is 5.92. The maximum Gasteiger partial charge on any atom is 0.232 e. The molecule has 1 aromatic heterocycles. The smallest absolute Gasteiger partial charge is 0.232 e. The second kappa shape index (κ2) is 5.60. The van der Waals surface area contributed by atoms with Crippen LogP contribution in [0.25, 0.3) is 0 Å². The van der Waals surface area contributed by atoms with Crippen molar-refractivity contribution in [3.63, 3.8) is 0 Å². The molecule has 0 aliphatic heterocycles. The number of phenols is 1. The van der Waals surface area contributed by atoms with Gasteiger partial charge < -0.3 is 14.8 Å². The van der Waals surface area contributed by atoms with Crippen LogP contribution in [0.2, 0.25) is 0 Å². The van der Waals surface area contributed by atoms with E-state index in [1.54, 1.807) is 12.1 Å². The van der Waals surface area contributed by atoms with E-state index in [4.69, 9.17) is 4.42 Å². The van der Waals surface area contributed by atoms with Crippen LogP contribution in [0.4, 0.5) is 5.69 Å².